The van der Waals surface area contributed by atoms with Gasteiger partial charge in [-0.05, 0) is 0 Å². The van der Waals surface area contributed by atoms with Crippen molar-refractivity contribution >= 4 is 22.5 Å². The maximum atomic E-state index is 11.0. The van der Waals surface area contributed by atoms with Crippen molar-refractivity contribution in [3.05, 3.63) is 69.8 Å². The van der Waals surface area contributed by atoms with Crippen LogP contribution in [-0.2, 0) is 13.0 Å². The van der Waals surface area contributed by atoms with Gasteiger partial charge in [0.05, 0.1) is 0 Å². The average molecular weight is 333 g/mol. The second-order valence-electron chi connectivity index (χ2n) is 4.37. The van der Waals surface area contributed by atoms with Crippen LogP contribution in [0.2, 0.25) is 5.21 Å². The number of ether oxygens (including phenoxy) is 1. The minimum atomic E-state index is -0.403. The zero-order valence-electron chi connectivity index (χ0n) is 11.0. The third kappa shape index (κ3) is 3.84. The van der Waals surface area contributed by atoms with Crippen molar-refractivity contribution in [3.63, 3.8) is 0 Å². The third-order valence-electron chi connectivity index (χ3n) is 2.89. The Balaban J connectivity index is 2.19. The number of aryl methyl sites for hydroxylation is 1. The van der Waals surface area contributed by atoms with Gasteiger partial charge in [-0.3, -0.25) is 0 Å². The minimum absolute atomic E-state index is 0.0197. The molecule has 0 radical (unpaired) electrons. The van der Waals surface area contributed by atoms with E-state index in [0.717, 1.165) is 22.8 Å². The van der Waals surface area contributed by atoms with E-state index in [9.17, 15) is 10.1 Å². The topological polar surface area (TPSA) is 52.4 Å². The van der Waals surface area contributed by atoms with Crippen LogP contribution >= 0.6 is 0 Å². The molecule has 1 atom stereocenters. The third-order valence-corrected chi connectivity index (χ3v) is 3.50. The molecule has 20 heavy (non-hydrogen) atoms. The zero-order valence-corrected chi connectivity index (χ0v) is 13.4. The van der Waals surface area contributed by atoms with E-state index in [1.807, 2.05) is 30.3 Å². The van der Waals surface area contributed by atoms with Crippen molar-refractivity contribution in [2.45, 2.75) is 18.2 Å². The predicted octanol–water partition coefficient (Wildman–Crippen LogP) is 2.77. The van der Waals surface area contributed by atoms with Crippen molar-refractivity contribution in [2.75, 3.05) is 0 Å². The summed E-state index contributed by atoms with van der Waals surface area (Å²) in [6.45, 7) is 0.335. The number of nitro benzene ring substituents is 1. The number of nitrogens with zero attached hydrogens (tertiary/aromatic N) is 1. The summed E-state index contributed by atoms with van der Waals surface area (Å²) < 4.78 is 5.63. The molecule has 2 aromatic carbocycles. The molecular formula is C15H16AsNO3. The number of rotatable bonds is 6. The monoisotopic (exact) mass is 333 g/mol. The van der Waals surface area contributed by atoms with E-state index < -0.39 is 4.92 Å². The Morgan fingerprint density at radius 3 is 2.50 bits per heavy atom. The molecule has 0 N–H and O–H groups in total. The molecule has 4 nitrogen and oxygen atoms in total. The molecule has 5 heteroatoms. The van der Waals surface area contributed by atoms with Gasteiger partial charge < -0.3 is 0 Å². The fraction of sp³-hybridized carbons (Fsp3) is 0.200. The zero-order chi connectivity index (χ0) is 14.4. The number of benzene rings is 2. The molecule has 2 aromatic rings. The molecule has 0 saturated carbocycles. The first-order valence-electron chi connectivity index (χ1n) is 6.35. The first-order valence-corrected chi connectivity index (χ1v) is 8.06. The van der Waals surface area contributed by atoms with E-state index in [-0.39, 0.29) is 5.69 Å². The van der Waals surface area contributed by atoms with Crippen molar-refractivity contribution < 1.29 is 9.66 Å². The number of hydrogen-bond acceptors (Lipinski definition) is 3. The van der Waals surface area contributed by atoms with Crippen LogP contribution in [0.4, 0.5) is 5.69 Å². The summed E-state index contributed by atoms with van der Waals surface area (Å²) in [4.78, 5) is 10.6. The summed E-state index contributed by atoms with van der Waals surface area (Å²) >= 11 is 1.65. The van der Waals surface area contributed by atoms with E-state index in [4.69, 9.17) is 4.74 Å². The predicted molar refractivity (Wildman–Crippen MR) is 80.9 cm³/mol. The standard InChI is InChI=1S/C15H16AsNO3/c16-9-8-12-6-7-14(17(18)19)15(10-12)20-11-13-4-2-1-3-5-13/h1-7,10H,8-9,11,16H2. The second kappa shape index (κ2) is 7.11. The van der Waals surface area contributed by atoms with Crippen LogP contribution in [0.5, 0.6) is 5.75 Å². The van der Waals surface area contributed by atoms with Gasteiger partial charge in [-0.15, -0.1) is 0 Å². The Morgan fingerprint density at radius 2 is 1.85 bits per heavy atom. The summed E-state index contributed by atoms with van der Waals surface area (Å²) in [6, 6.07) is 14.7. The van der Waals surface area contributed by atoms with Crippen LogP contribution in [0.25, 0.3) is 0 Å². The molecule has 0 saturated heterocycles. The van der Waals surface area contributed by atoms with E-state index in [0.29, 0.717) is 12.4 Å². The maximum absolute atomic E-state index is 11.0. The van der Waals surface area contributed by atoms with Gasteiger partial charge >= 0.3 is 126 Å². The SMILES string of the molecule is O=[N+]([O-])c1ccc(CC[AsH2])cc1OCc1ccccc1. The first-order chi connectivity index (χ1) is 9.70. The molecule has 0 fully saturated rings. The molecule has 1 unspecified atom stereocenters. The Kier molecular flexibility index (Phi) is 5.19. The molecule has 2 rings (SSSR count). The Labute approximate surface area is 126 Å². The quantitative estimate of drug-likeness (QED) is 0.464. The van der Waals surface area contributed by atoms with Gasteiger partial charge in [-0.2, -0.15) is 0 Å². The van der Waals surface area contributed by atoms with Crippen molar-refractivity contribution in [3.8, 4) is 5.75 Å². The molecule has 0 amide bonds. The number of hydrogen-bond donors (Lipinski definition) is 0. The van der Waals surface area contributed by atoms with Gasteiger partial charge in [-0.25, -0.2) is 0 Å². The molecule has 0 bridgehead atoms. The number of nitro groups is 1. The van der Waals surface area contributed by atoms with Crippen LogP contribution in [0.15, 0.2) is 48.5 Å². The van der Waals surface area contributed by atoms with Gasteiger partial charge in [0.1, 0.15) is 0 Å². The molecule has 0 spiro atoms. The fourth-order valence-corrected chi connectivity index (χ4v) is 2.58. The molecule has 0 aromatic heterocycles. The Bertz CT molecular complexity index is 587. The summed E-state index contributed by atoms with van der Waals surface area (Å²) in [5.41, 5.74) is 2.08. The molecular weight excluding hydrogens is 317 g/mol. The summed E-state index contributed by atoms with van der Waals surface area (Å²) in [5.74, 6) is 0.345. The van der Waals surface area contributed by atoms with Crippen molar-refractivity contribution in [1.29, 1.82) is 0 Å². The molecule has 0 aliphatic heterocycles. The van der Waals surface area contributed by atoms with E-state index in [1.165, 1.54) is 6.07 Å². The fourth-order valence-electron chi connectivity index (χ4n) is 1.88. The summed E-state index contributed by atoms with van der Waals surface area (Å²) in [6.07, 6.45) is 0.916. The average Bonchev–Trinajstić information content (AvgIpc) is 2.46. The van der Waals surface area contributed by atoms with Crippen LogP contribution in [0, 0.1) is 10.1 Å². The molecule has 0 aliphatic carbocycles. The summed E-state index contributed by atoms with van der Waals surface area (Å²) in [7, 11) is 0. The van der Waals surface area contributed by atoms with E-state index in [1.54, 1.807) is 29.0 Å². The van der Waals surface area contributed by atoms with Crippen LogP contribution in [0.3, 0.4) is 0 Å². The first kappa shape index (κ1) is 14.6. The van der Waals surface area contributed by atoms with Gasteiger partial charge in [-0.1, -0.05) is 0 Å². The van der Waals surface area contributed by atoms with Crippen molar-refractivity contribution in [2.24, 2.45) is 0 Å². The van der Waals surface area contributed by atoms with Crippen molar-refractivity contribution in [1.82, 2.24) is 0 Å². The van der Waals surface area contributed by atoms with Crippen LogP contribution in [-0.4, -0.2) is 21.8 Å². The second-order valence-corrected chi connectivity index (χ2v) is 5.58. The molecule has 0 aliphatic rings. The van der Waals surface area contributed by atoms with Gasteiger partial charge in [0.25, 0.3) is 0 Å². The molecule has 104 valence electrons. The Hall–Kier alpha value is -1.80. The summed E-state index contributed by atoms with van der Waals surface area (Å²) in [5, 5.41) is 12.1. The van der Waals surface area contributed by atoms with E-state index >= 15 is 0 Å². The van der Waals surface area contributed by atoms with Gasteiger partial charge in [0.15, 0.2) is 0 Å². The van der Waals surface area contributed by atoms with Gasteiger partial charge in [0.2, 0.25) is 0 Å². The molecule has 0 heterocycles. The van der Waals surface area contributed by atoms with Crippen LogP contribution < -0.4 is 4.74 Å². The normalized spacial score (nSPS) is 10.2. The van der Waals surface area contributed by atoms with E-state index in [2.05, 4.69) is 0 Å². The van der Waals surface area contributed by atoms with Gasteiger partial charge in [0, 0.05) is 0 Å². The Morgan fingerprint density at radius 1 is 1.10 bits per heavy atom. The van der Waals surface area contributed by atoms with Crippen LogP contribution in [0.1, 0.15) is 11.1 Å².